The van der Waals surface area contributed by atoms with E-state index in [0.29, 0.717) is 0 Å². The Morgan fingerprint density at radius 1 is 0.306 bits per heavy atom. The predicted octanol–water partition coefficient (Wildman–Crippen LogP) is 9.37. The summed E-state index contributed by atoms with van der Waals surface area (Å²) < 4.78 is 0. The molecule has 0 fully saturated rings. The van der Waals surface area contributed by atoms with Crippen LogP contribution in [-0.2, 0) is 25.7 Å². The van der Waals surface area contributed by atoms with E-state index in [-0.39, 0.29) is 0 Å². The van der Waals surface area contributed by atoms with Gasteiger partial charge in [0.05, 0.1) is 0 Å². The fourth-order valence-corrected chi connectivity index (χ4v) is 7.17. The normalized spacial score (nSPS) is 14.2. The zero-order valence-corrected chi connectivity index (χ0v) is 20.1. The van der Waals surface area contributed by atoms with Gasteiger partial charge in [-0.05, 0) is 113 Å². The van der Waals surface area contributed by atoms with Crippen molar-refractivity contribution in [2.75, 3.05) is 0 Å². The summed E-state index contributed by atoms with van der Waals surface area (Å²) in [5, 5.41) is 16.8. The molecular weight excluding hydrogens is 432 g/mol. The summed E-state index contributed by atoms with van der Waals surface area (Å²) in [6, 6.07) is 37.9. The maximum absolute atomic E-state index is 2.43. The van der Waals surface area contributed by atoms with Crippen LogP contribution in [0, 0.1) is 0 Å². The second-order valence-corrected chi connectivity index (χ2v) is 10.8. The van der Waals surface area contributed by atoms with Gasteiger partial charge in [-0.25, -0.2) is 0 Å². The molecule has 0 N–H and O–H groups in total. The third kappa shape index (κ3) is 2.49. The monoisotopic (exact) mass is 456 g/mol. The van der Waals surface area contributed by atoms with Gasteiger partial charge in [0.15, 0.2) is 0 Å². The smallest absolute Gasteiger partial charge is 0.00239 e. The number of aryl methyl sites for hydroxylation is 4. The summed E-state index contributed by atoms with van der Waals surface area (Å²) in [6.07, 6.45) is 4.21. The molecule has 0 amide bonds. The van der Waals surface area contributed by atoms with Crippen molar-refractivity contribution in [1.82, 2.24) is 0 Å². The van der Waals surface area contributed by atoms with Crippen molar-refractivity contribution in [2.45, 2.75) is 25.7 Å². The van der Waals surface area contributed by atoms with E-state index in [0.717, 1.165) is 25.7 Å². The molecule has 0 aliphatic heterocycles. The summed E-state index contributed by atoms with van der Waals surface area (Å²) in [5.74, 6) is 0. The Morgan fingerprint density at radius 3 is 1.08 bits per heavy atom. The summed E-state index contributed by atoms with van der Waals surface area (Å²) in [5.41, 5.74) is 5.77. The van der Waals surface area contributed by atoms with Crippen LogP contribution in [0.5, 0.6) is 0 Å². The van der Waals surface area contributed by atoms with Crippen LogP contribution in [0.4, 0.5) is 0 Å². The molecule has 0 atom stereocenters. The van der Waals surface area contributed by atoms with Crippen molar-refractivity contribution in [3.63, 3.8) is 0 Å². The molecule has 0 heterocycles. The molecule has 0 radical (unpaired) electrons. The zero-order valence-electron chi connectivity index (χ0n) is 20.1. The lowest BCUT2D eigenvalue weighted by Crippen LogP contribution is -1.98. The molecule has 0 unspecified atom stereocenters. The lowest BCUT2D eigenvalue weighted by atomic mass is 9.86. The van der Waals surface area contributed by atoms with Gasteiger partial charge in [0.2, 0.25) is 0 Å². The molecular formula is C36H24. The van der Waals surface area contributed by atoms with Crippen LogP contribution >= 0.6 is 0 Å². The largest absolute Gasteiger partial charge is 0.0578 e. The van der Waals surface area contributed by atoms with Crippen LogP contribution in [0.25, 0.3) is 64.6 Å². The summed E-state index contributed by atoms with van der Waals surface area (Å²) in [7, 11) is 0. The number of rotatable bonds is 0. The fraction of sp³-hybridized carbons (Fsp3) is 0.111. The van der Waals surface area contributed by atoms with Crippen LogP contribution < -0.4 is 0 Å². The number of hydrogen-bond acceptors (Lipinski definition) is 0. The minimum atomic E-state index is 1.05. The van der Waals surface area contributed by atoms with Gasteiger partial charge in [0.25, 0.3) is 0 Å². The highest BCUT2D eigenvalue weighted by Crippen LogP contribution is 2.40. The molecule has 11 rings (SSSR count). The maximum Gasteiger partial charge on any atom is -0.00239 e. The van der Waals surface area contributed by atoms with Gasteiger partial charge in [-0.15, -0.1) is 0 Å². The molecule has 0 aromatic heterocycles. The van der Waals surface area contributed by atoms with Gasteiger partial charge in [0, 0.05) is 0 Å². The van der Waals surface area contributed by atoms with E-state index >= 15 is 0 Å². The lowest BCUT2D eigenvalue weighted by molar-refractivity contribution is 0.972. The molecule has 0 spiro atoms. The van der Waals surface area contributed by atoms with E-state index < -0.39 is 0 Å². The van der Waals surface area contributed by atoms with Gasteiger partial charge in [-0.3, -0.25) is 0 Å². The van der Waals surface area contributed by atoms with Crippen LogP contribution in [0.1, 0.15) is 22.3 Å². The average Bonchev–Trinajstić information content (AvgIpc) is 2.92. The van der Waals surface area contributed by atoms with Gasteiger partial charge in [0.1, 0.15) is 0 Å². The van der Waals surface area contributed by atoms with Crippen LogP contribution in [0.3, 0.4) is 0 Å². The molecule has 168 valence electrons. The first-order valence-electron chi connectivity index (χ1n) is 13.2. The first kappa shape index (κ1) is 19.1. The second-order valence-electron chi connectivity index (χ2n) is 10.8. The van der Waals surface area contributed by atoms with Gasteiger partial charge < -0.3 is 0 Å². The Bertz CT molecular complexity index is 1920. The molecule has 0 saturated carbocycles. The fourth-order valence-electron chi connectivity index (χ4n) is 7.17. The number of hydrogen-bond donors (Lipinski definition) is 0. The molecule has 3 aliphatic rings. The maximum atomic E-state index is 2.43. The van der Waals surface area contributed by atoms with Gasteiger partial charge in [-0.2, -0.15) is 0 Å². The van der Waals surface area contributed by atoms with Crippen molar-refractivity contribution < 1.29 is 0 Å². The van der Waals surface area contributed by atoms with E-state index in [4.69, 9.17) is 0 Å². The van der Waals surface area contributed by atoms with E-state index in [1.807, 2.05) is 0 Å². The highest BCUT2D eigenvalue weighted by molar-refractivity contribution is 6.25. The molecule has 0 heteroatoms. The van der Waals surface area contributed by atoms with Crippen molar-refractivity contribution in [3.8, 4) is 0 Å². The summed E-state index contributed by atoms with van der Waals surface area (Å²) >= 11 is 0. The SMILES string of the molecule is c1cc2ccc3c4ccc5ccc(c1CCc1cc6ccc7cc(cc8ccc(c1)c6c78)CC4)c2c53. The zero-order chi connectivity index (χ0) is 23.4. The molecule has 0 nitrogen and oxygen atoms in total. The quantitative estimate of drug-likeness (QED) is 0.199. The molecule has 36 heavy (non-hydrogen) atoms. The minimum absolute atomic E-state index is 1.05. The van der Waals surface area contributed by atoms with E-state index in [9.17, 15) is 0 Å². The van der Waals surface area contributed by atoms with E-state index in [1.54, 1.807) is 0 Å². The Balaban J connectivity index is 1.38. The molecule has 0 saturated heterocycles. The second kappa shape index (κ2) is 6.74. The van der Waals surface area contributed by atoms with E-state index in [2.05, 4.69) is 97.1 Å². The highest BCUT2D eigenvalue weighted by Gasteiger charge is 2.15. The third-order valence-corrected chi connectivity index (χ3v) is 8.86. The van der Waals surface area contributed by atoms with Crippen molar-refractivity contribution in [2.24, 2.45) is 0 Å². The van der Waals surface area contributed by atoms with Crippen molar-refractivity contribution in [1.29, 1.82) is 0 Å². The summed E-state index contributed by atoms with van der Waals surface area (Å²) in [6.45, 7) is 0. The highest BCUT2D eigenvalue weighted by atomic mass is 14.2. The van der Waals surface area contributed by atoms with Crippen LogP contribution in [-0.4, -0.2) is 0 Å². The lowest BCUT2D eigenvalue weighted by Gasteiger charge is -2.18. The number of benzene rings is 8. The van der Waals surface area contributed by atoms with Gasteiger partial charge in [-0.1, -0.05) is 97.1 Å². The average molecular weight is 457 g/mol. The first-order chi connectivity index (χ1) is 17.8. The third-order valence-electron chi connectivity index (χ3n) is 8.86. The molecule has 3 aliphatic carbocycles. The van der Waals surface area contributed by atoms with Crippen LogP contribution in [0.2, 0.25) is 0 Å². The Labute approximate surface area is 209 Å². The minimum Gasteiger partial charge on any atom is -0.0578 e. The molecule has 8 aromatic carbocycles. The predicted molar refractivity (Wildman–Crippen MR) is 155 cm³/mol. The Morgan fingerprint density at radius 2 is 0.667 bits per heavy atom. The van der Waals surface area contributed by atoms with Crippen molar-refractivity contribution in [3.05, 3.63) is 119 Å². The molecule has 14 bridgehead atoms. The van der Waals surface area contributed by atoms with Crippen LogP contribution in [0.15, 0.2) is 97.1 Å². The summed E-state index contributed by atoms with van der Waals surface area (Å²) in [4.78, 5) is 0. The van der Waals surface area contributed by atoms with Gasteiger partial charge >= 0.3 is 0 Å². The van der Waals surface area contributed by atoms with E-state index in [1.165, 1.54) is 86.9 Å². The van der Waals surface area contributed by atoms with Crippen molar-refractivity contribution >= 4 is 64.6 Å². The number of fused-ring (bicyclic) bond motifs is 2. The molecule has 8 aromatic rings. The topological polar surface area (TPSA) is 0 Å². The Kier molecular flexibility index (Phi) is 3.57. The Hall–Kier alpha value is -4.16. The first-order valence-corrected chi connectivity index (χ1v) is 13.2. The standard InChI is InChI=1S/C36H24/c1-3-23-5-7-25-14-16-32-24(6-8-26-13-15-31(23)35(25)36(26)32)4-2-22-19-29-11-9-27-17-21(1)18-28-10-12-30(20-22)34(29)33(27)28/h5-20H,1-4H2.